The van der Waals surface area contributed by atoms with Gasteiger partial charge in [-0.15, -0.1) is 0 Å². The number of nitrogens with one attached hydrogen (secondary N) is 1. The van der Waals surface area contributed by atoms with Crippen LogP contribution in [-0.2, 0) is 13.2 Å². The Morgan fingerprint density at radius 2 is 1.81 bits per heavy atom. The minimum Gasteiger partial charge on any atom is -0.488 e. The van der Waals surface area contributed by atoms with Gasteiger partial charge in [-0.3, -0.25) is 0 Å². The summed E-state index contributed by atoms with van der Waals surface area (Å²) in [6.45, 7) is 7.83. The number of benzene rings is 2. The van der Waals surface area contributed by atoms with Crippen LogP contribution < -0.4 is 10.1 Å². The van der Waals surface area contributed by atoms with Gasteiger partial charge in [0, 0.05) is 12.6 Å². The van der Waals surface area contributed by atoms with Crippen molar-refractivity contribution in [2.75, 3.05) is 0 Å². The molecule has 112 valence electrons. The van der Waals surface area contributed by atoms with E-state index in [0.29, 0.717) is 12.6 Å². The second-order valence-corrected chi connectivity index (χ2v) is 6.38. The molecule has 2 nitrogen and oxygen atoms in total. The summed E-state index contributed by atoms with van der Waals surface area (Å²) in [5, 5.41) is 3.45. The standard InChI is InChI=1S/C18H22BrNO/c1-13(2)20-11-15-6-4-5-7-16(15)12-21-18-9-8-14(3)10-17(18)19/h4-10,13,20H,11-12H2,1-3H3. The minimum atomic E-state index is 0.477. The molecule has 0 atom stereocenters. The van der Waals surface area contributed by atoms with Crippen molar-refractivity contribution < 1.29 is 4.74 Å². The molecule has 0 amide bonds. The van der Waals surface area contributed by atoms with Crippen LogP contribution in [0.25, 0.3) is 0 Å². The third-order valence-electron chi connectivity index (χ3n) is 3.29. The highest BCUT2D eigenvalue weighted by Gasteiger charge is 2.06. The largest absolute Gasteiger partial charge is 0.488 e. The maximum Gasteiger partial charge on any atom is 0.134 e. The second-order valence-electron chi connectivity index (χ2n) is 5.53. The highest BCUT2D eigenvalue weighted by atomic mass is 79.9. The molecular formula is C18H22BrNO. The van der Waals surface area contributed by atoms with Crippen LogP contribution in [0.15, 0.2) is 46.9 Å². The van der Waals surface area contributed by atoms with Gasteiger partial charge >= 0.3 is 0 Å². The fourth-order valence-corrected chi connectivity index (χ4v) is 2.67. The van der Waals surface area contributed by atoms with Gasteiger partial charge in [-0.1, -0.05) is 44.2 Å². The van der Waals surface area contributed by atoms with Gasteiger partial charge in [0.2, 0.25) is 0 Å². The second kappa shape index (κ2) is 7.62. The molecule has 2 aromatic rings. The molecule has 0 unspecified atom stereocenters. The zero-order valence-electron chi connectivity index (χ0n) is 12.8. The molecule has 0 aliphatic carbocycles. The average Bonchev–Trinajstić information content (AvgIpc) is 2.45. The topological polar surface area (TPSA) is 21.3 Å². The maximum atomic E-state index is 5.95. The van der Waals surface area contributed by atoms with Gasteiger partial charge in [0.05, 0.1) is 4.47 Å². The highest BCUT2D eigenvalue weighted by molar-refractivity contribution is 9.10. The summed E-state index contributed by atoms with van der Waals surface area (Å²) in [7, 11) is 0. The van der Waals surface area contributed by atoms with Crippen LogP contribution in [0.4, 0.5) is 0 Å². The van der Waals surface area contributed by atoms with E-state index < -0.39 is 0 Å². The lowest BCUT2D eigenvalue weighted by atomic mass is 10.1. The SMILES string of the molecule is Cc1ccc(OCc2ccccc2CNC(C)C)c(Br)c1. The molecule has 0 saturated carbocycles. The number of ether oxygens (including phenoxy) is 1. The summed E-state index contributed by atoms with van der Waals surface area (Å²) in [5.74, 6) is 0.882. The van der Waals surface area contributed by atoms with Crippen LogP contribution >= 0.6 is 15.9 Å². The molecule has 0 radical (unpaired) electrons. The first-order chi connectivity index (χ1) is 10.1. The first-order valence-electron chi connectivity index (χ1n) is 7.25. The van der Waals surface area contributed by atoms with Crippen molar-refractivity contribution in [3.8, 4) is 5.75 Å². The molecule has 3 heteroatoms. The Morgan fingerprint density at radius 3 is 2.48 bits per heavy atom. The van der Waals surface area contributed by atoms with E-state index in [1.54, 1.807) is 0 Å². The monoisotopic (exact) mass is 347 g/mol. The van der Waals surface area contributed by atoms with Crippen molar-refractivity contribution in [2.24, 2.45) is 0 Å². The Kier molecular flexibility index (Phi) is 5.83. The van der Waals surface area contributed by atoms with E-state index in [4.69, 9.17) is 4.74 Å². The average molecular weight is 348 g/mol. The van der Waals surface area contributed by atoms with Crippen LogP contribution in [0.1, 0.15) is 30.5 Å². The number of hydrogen-bond acceptors (Lipinski definition) is 2. The Balaban J connectivity index is 2.05. The fourth-order valence-electron chi connectivity index (χ4n) is 2.06. The van der Waals surface area contributed by atoms with Crippen molar-refractivity contribution >= 4 is 15.9 Å². The molecule has 0 spiro atoms. The highest BCUT2D eigenvalue weighted by Crippen LogP contribution is 2.26. The molecule has 0 aliphatic heterocycles. The molecule has 21 heavy (non-hydrogen) atoms. The smallest absolute Gasteiger partial charge is 0.134 e. The van der Waals surface area contributed by atoms with E-state index in [9.17, 15) is 0 Å². The van der Waals surface area contributed by atoms with Crippen molar-refractivity contribution in [3.05, 3.63) is 63.6 Å². The van der Waals surface area contributed by atoms with Gasteiger partial charge in [0.25, 0.3) is 0 Å². The van der Waals surface area contributed by atoms with Crippen LogP contribution in [0, 0.1) is 6.92 Å². The Labute approximate surface area is 135 Å². The van der Waals surface area contributed by atoms with Crippen molar-refractivity contribution in [3.63, 3.8) is 0 Å². The number of hydrogen-bond donors (Lipinski definition) is 1. The first-order valence-corrected chi connectivity index (χ1v) is 8.04. The summed E-state index contributed by atoms with van der Waals surface area (Å²) in [4.78, 5) is 0. The molecule has 0 fully saturated rings. The minimum absolute atomic E-state index is 0.477. The molecule has 0 aliphatic rings. The summed E-state index contributed by atoms with van der Waals surface area (Å²) >= 11 is 3.55. The molecule has 0 bridgehead atoms. The molecule has 2 aromatic carbocycles. The number of aryl methyl sites for hydroxylation is 1. The summed E-state index contributed by atoms with van der Waals surface area (Å²) in [6.07, 6.45) is 0. The maximum absolute atomic E-state index is 5.95. The Hall–Kier alpha value is -1.32. The van der Waals surface area contributed by atoms with Crippen LogP contribution in [0.5, 0.6) is 5.75 Å². The van der Waals surface area contributed by atoms with Crippen LogP contribution in [0.3, 0.4) is 0 Å². The van der Waals surface area contributed by atoms with E-state index in [1.807, 2.05) is 6.07 Å². The van der Waals surface area contributed by atoms with Crippen molar-refractivity contribution in [1.29, 1.82) is 0 Å². The quantitative estimate of drug-likeness (QED) is 0.807. The van der Waals surface area contributed by atoms with E-state index in [2.05, 4.69) is 78.4 Å². The lowest BCUT2D eigenvalue weighted by Gasteiger charge is -2.14. The van der Waals surface area contributed by atoms with Gasteiger partial charge in [0.1, 0.15) is 12.4 Å². The normalized spacial score (nSPS) is 10.9. The predicted octanol–water partition coefficient (Wildman–Crippen LogP) is 4.83. The van der Waals surface area contributed by atoms with Gasteiger partial charge < -0.3 is 10.1 Å². The molecule has 0 heterocycles. The first kappa shape index (κ1) is 16.1. The Morgan fingerprint density at radius 1 is 1.10 bits per heavy atom. The lowest BCUT2D eigenvalue weighted by molar-refractivity contribution is 0.302. The van der Waals surface area contributed by atoms with Gasteiger partial charge in [-0.05, 0) is 51.7 Å². The van der Waals surface area contributed by atoms with Crippen LogP contribution in [-0.4, -0.2) is 6.04 Å². The summed E-state index contributed by atoms with van der Waals surface area (Å²) in [6, 6.07) is 15.0. The molecule has 1 N–H and O–H groups in total. The van der Waals surface area contributed by atoms with Gasteiger partial charge in [-0.2, -0.15) is 0 Å². The molecule has 0 aromatic heterocycles. The summed E-state index contributed by atoms with van der Waals surface area (Å²) < 4.78 is 6.95. The van der Waals surface area contributed by atoms with Gasteiger partial charge in [0.15, 0.2) is 0 Å². The van der Waals surface area contributed by atoms with Crippen molar-refractivity contribution in [2.45, 2.75) is 40.0 Å². The number of halogens is 1. The zero-order valence-corrected chi connectivity index (χ0v) is 14.4. The van der Waals surface area contributed by atoms with E-state index in [1.165, 1.54) is 16.7 Å². The van der Waals surface area contributed by atoms with Gasteiger partial charge in [-0.25, -0.2) is 0 Å². The summed E-state index contributed by atoms with van der Waals surface area (Å²) in [5.41, 5.74) is 3.73. The number of rotatable bonds is 6. The Bertz CT molecular complexity index is 596. The van der Waals surface area contributed by atoms with E-state index >= 15 is 0 Å². The third kappa shape index (κ3) is 4.87. The fraction of sp³-hybridized carbons (Fsp3) is 0.333. The van der Waals surface area contributed by atoms with E-state index in [-0.39, 0.29) is 0 Å². The molecule has 2 rings (SSSR count). The predicted molar refractivity (Wildman–Crippen MR) is 91.6 cm³/mol. The van der Waals surface area contributed by atoms with E-state index in [0.717, 1.165) is 16.8 Å². The van der Waals surface area contributed by atoms with Crippen LogP contribution in [0.2, 0.25) is 0 Å². The van der Waals surface area contributed by atoms with Crippen molar-refractivity contribution in [1.82, 2.24) is 5.32 Å². The third-order valence-corrected chi connectivity index (χ3v) is 3.91. The lowest BCUT2D eigenvalue weighted by Crippen LogP contribution is -2.22. The molecule has 0 saturated heterocycles. The zero-order chi connectivity index (χ0) is 15.2. The molecular weight excluding hydrogens is 326 g/mol.